The number of esters is 1. The molecule has 3 aromatic rings. The van der Waals surface area contributed by atoms with E-state index >= 15 is 0 Å². The first-order chi connectivity index (χ1) is 15.0. The molecule has 7 nitrogen and oxygen atoms in total. The zero-order valence-corrected chi connectivity index (χ0v) is 17.5. The molecule has 0 saturated carbocycles. The van der Waals surface area contributed by atoms with Gasteiger partial charge in [0.25, 0.3) is 5.91 Å². The molecular weight excluding hydrogens is 394 g/mol. The zero-order valence-electron chi connectivity index (χ0n) is 17.5. The van der Waals surface area contributed by atoms with E-state index in [4.69, 9.17) is 4.74 Å². The largest absolute Gasteiger partial charge is 0.451 e. The summed E-state index contributed by atoms with van der Waals surface area (Å²) in [5.74, 6) is -1.00. The van der Waals surface area contributed by atoms with E-state index in [0.29, 0.717) is 18.7 Å². The van der Waals surface area contributed by atoms with Crippen molar-refractivity contribution in [2.45, 2.75) is 13.5 Å². The monoisotopic (exact) mass is 419 g/mol. The highest BCUT2D eigenvalue weighted by atomic mass is 16.5. The quantitative estimate of drug-likeness (QED) is 0.491. The van der Waals surface area contributed by atoms with Crippen molar-refractivity contribution < 1.29 is 19.1 Å². The number of H-pyrrole nitrogens is 1. The molecule has 31 heavy (non-hydrogen) atoms. The Balaban J connectivity index is 1.26. The summed E-state index contributed by atoms with van der Waals surface area (Å²) in [6.07, 6.45) is 1.45. The van der Waals surface area contributed by atoms with Crippen LogP contribution in [-0.2, 0) is 16.1 Å². The Labute approximate surface area is 180 Å². The first-order valence-corrected chi connectivity index (χ1v) is 10.3. The van der Waals surface area contributed by atoms with Crippen molar-refractivity contribution in [1.29, 1.82) is 0 Å². The Morgan fingerprint density at radius 2 is 1.74 bits per heavy atom. The third-order valence-corrected chi connectivity index (χ3v) is 5.64. The van der Waals surface area contributed by atoms with Gasteiger partial charge in [0.05, 0.1) is 0 Å². The molecule has 4 rings (SSSR count). The number of nitrogens with one attached hydrogen (secondary N) is 1. The van der Waals surface area contributed by atoms with Gasteiger partial charge in [-0.3, -0.25) is 14.5 Å². The van der Waals surface area contributed by atoms with Crippen molar-refractivity contribution in [3.05, 3.63) is 71.5 Å². The fourth-order valence-corrected chi connectivity index (χ4v) is 3.84. The Kier molecular flexibility index (Phi) is 6.13. The fourth-order valence-electron chi connectivity index (χ4n) is 3.84. The third-order valence-electron chi connectivity index (χ3n) is 5.64. The van der Waals surface area contributed by atoms with Gasteiger partial charge in [0.2, 0.25) is 0 Å². The standard InChI is InChI=1S/C24H25N3O4/c1-17(28)20-13-22(25-14-20)24(30)31-16-23(29)27-11-9-26(10-12-27)15-19-7-4-6-18-5-2-3-8-21(18)19/h2-8,13-14,25H,9-12,15-16H2,1H3. The normalized spacial score (nSPS) is 14.5. The third kappa shape index (κ3) is 4.83. The molecule has 0 spiro atoms. The van der Waals surface area contributed by atoms with Gasteiger partial charge in [-0.25, -0.2) is 4.79 Å². The summed E-state index contributed by atoms with van der Waals surface area (Å²) < 4.78 is 5.12. The number of carbonyl (C=O) groups excluding carboxylic acids is 3. The zero-order chi connectivity index (χ0) is 21.8. The highest BCUT2D eigenvalue weighted by molar-refractivity contribution is 5.97. The highest BCUT2D eigenvalue weighted by Gasteiger charge is 2.23. The number of Topliss-reactive ketones (excluding diaryl/α,β-unsaturated/α-hetero) is 1. The molecule has 2 heterocycles. The second kappa shape index (κ2) is 9.14. The second-order valence-electron chi connectivity index (χ2n) is 7.73. The molecule has 0 aliphatic carbocycles. The van der Waals surface area contributed by atoms with Crippen LogP contribution in [0.2, 0.25) is 0 Å². The topological polar surface area (TPSA) is 82.7 Å². The van der Waals surface area contributed by atoms with Crippen molar-refractivity contribution in [1.82, 2.24) is 14.8 Å². The summed E-state index contributed by atoms with van der Waals surface area (Å²) in [5, 5.41) is 2.49. The van der Waals surface area contributed by atoms with Gasteiger partial charge in [-0.15, -0.1) is 0 Å². The molecule has 2 aromatic carbocycles. The fraction of sp³-hybridized carbons (Fsp3) is 0.292. The summed E-state index contributed by atoms with van der Waals surface area (Å²) >= 11 is 0. The van der Waals surface area contributed by atoms with Crippen molar-refractivity contribution in [2.75, 3.05) is 32.8 Å². The average molecular weight is 419 g/mol. The molecular formula is C24H25N3O4. The van der Waals surface area contributed by atoms with Gasteiger partial charge in [-0.1, -0.05) is 42.5 Å². The van der Waals surface area contributed by atoms with Crippen LogP contribution >= 0.6 is 0 Å². The van der Waals surface area contributed by atoms with E-state index in [0.717, 1.165) is 19.6 Å². The van der Waals surface area contributed by atoms with Crippen LogP contribution in [0.5, 0.6) is 0 Å². The molecule has 1 fully saturated rings. The molecule has 1 amide bonds. The van der Waals surface area contributed by atoms with Gasteiger partial charge < -0.3 is 14.6 Å². The number of fused-ring (bicyclic) bond motifs is 1. The number of aromatic amines is 1. The number of ketones is 1. The van der Waals surface area contributed by atoms with E-state index in [1.165, 1.54) is 35.5 Å². The number of piperazine rings is 1. The summed E-state index contributed by atoms with van der Waals surface area (Å²) in [5.41, 5.74) is 1.85. The minimum absolute atomic E-state index is 0.146. The van der Waals surface area contributed by atoms with Gasteiger partial charge in [0, 0.05) is 44.5 Å². The molecule has 0 atom stereocenters. The van der Waals surface area contributed by atoms with Crippen LogP contribution in [0.3, 0.4) is 0 Å². The summed E-state index contributed by atoms with van der Waals surface area (Å²) in [4.78, 5) is 42.6. The van der Waals surface area contributed by atoms with Gasteiger partial charge in [-0.2, -0.15) is 0 Å². The van der Waals surface area contributed by atoms with E-state index in [9.17, 15) is 14.4 Å². The van der Waals surface area contributed by atoms with Gasteiger partial charge in [0.1, 0.15) is 5.69 Å². The van der Waals surface area contributed by atoms with Crippen LogP contribution in [-0.4, -0.2) is 65.2 Å². The number of hydrogen-bond acceptors (Lipinski definition) is 5. The summed E-state index contributed by atoms with van der Waals surface area (Å²) in [7, 11) is 0. The number of rotatable bonds is 6. The minimum atomic E-state index is -0.643. The number of nitrogens with zero attached hydrogens (tertiary/aromatic N) is 2. The maximum absolute atomic E-state index is 12.5. The first kappa shape index (κ1) is 20.8. The number of carbonyl (C=O) groups is 3. The second-order valence-corrected chi connectivity index (χ2v) is 7.73. The Bertz CT molecular complexity index is 1110. The van der Waals surface area contributed by atoms with E-state index in [-0.39, 0.29) is 24.0 Å². The molecule has 7 heteroatoms. The SMILES string of the molecule is CC(=O)c1c[nH]c(C(=O)OCC(=O)N2CCN(Cc3cccc4ccccc34)CC2)c1. The van der Waals surface area contributed by atoms with Gasteiger partial charge in [0.15, 0.2) is 12.4 Å². The molecule has 0 bridgehead atoms. The van der Waals surface area contributed by atoms with Crippen molar-refractivity contribution in [2.24, 2.45) is 0 Å². The van der Waals surface area contributed by atoms with Gasteiger partial charge in [-0.05, 0) is 29.3 Å². The summed E-state index contributed by atoms with van der Waals surface area (Å²) in [6.45, 7) is 4.67. The van der Waals surface area contributed by atoms with Crippen molar-refractivity contribution in [3.63, 3.8) is 0 Å². The molecule has 160 valence electrons. The number of hydrogen-bond donors (Lipinski definition) is 1. The number of benzene rings is 2. The van der Waals surface area contributed by atoms with Crippen molar-refractivity contribution >= 4 is 28.4 Å². The maximum atomic E-state index is 12.5. The predicted molar refractivity (Wildman–Crippen MR) is 117 cm³/mol. The van der Waals surface area contributed by atoms with Crippen LogP contribution < -0.4 is 0 Å². The summed E-state index contributed by atoms with van der Waals surface area (Å²) in [6, 6.07) is 16.1. The molecule has 0 radical (unpaired) electrons. The molecule has 1 aliphatic rings. The molecule has 1 aliphatic heterocycles. The van der Waals surface area contributed by atoms with Crippen LogP contribution in [0.4, 0.5) is 0 Å². The van der Waals surface area contributed by atoms with Crippen molar-refractivity contribution in [3.8, 4) is 0 Å². The lowest BCUT2D eigenvalue weighted by atomic mass is 10.0. The Morgan fingerprint density at radius 1 is 1.00 bits per heavy atom. The number of amides is 1. The Hall–Kier alpha value is -3.45. The minimum Gasteiger partial charge on any atom is -0.451 e. The highest BCUT2D eigenvalue weighted by Crippen LogP contribution is 2.20. The molecule has 1 saturated heterocycles. The van der Waals surface area contributed by atoms with E-state index in [1.807, 2.05) is 6.07 Å². The van der Waals surface area contributed by atoms with Crippen LogP contribution in [0.1, 0.15) is 33.3 Å². The number of aromatic nitrogens is 1. The lowest BCUT2D eigenvalue weighted by Gasteiger charge is -2.34. The lowest BCUT2D eigenvalue weighted by Crippen LogP contribution is -2.49. The van der Waals surface area contributed by atoms with E-state index < -0.39 is 5.97 Å². The molecule has 0 unspecified atom stereocenters. The van der Waals surface area contributed by atoms with Crippen LogP contribution in [0, 0.1) is 0 Å². The number of ether oxygens (including phenoxy) is 1. The van der Waals surface area contributed by atoms with E-state index in [2.05, 4.69) is 46.3 Å². The average Bonchev–Trinajstić information content (AvgIpc) is 3.29. The van der Waals surface area contributed by atoms with Crippen LogP contribution in [0.25, 0.3) is 10.8 Å². The smallest absolute Gasteiger partial charge is 0.355 e. The lowest BCUT2D eigenvalue weighted by molar-refractivity contribution is -0.136. The Morgan fingerprint density at radius 3 is 2.48 bits per heavy atom. The van der Waals surface area contributed by atoms with Crippen LogP contribution in [0.15, 0.2) is 54.7 Å². The maximum Gasteiger partial charge on any atom is 0.355 e. The van der Waals surface area contributed by atoms with Gasteiger partial charge >= 0.3 is 5.97 Å². The molecule has 1 N–H and O–H groups in total. The predicted octanol–water partition coefficient (Wildman–Crippen LogP) is 2.87. The van der Waals surface area contributed by atoms with E-state index in [1.54, 1.807) is 4.90 Å². The first-order valence-electron chi connectivity index (χ1n) is 10.3. The molecule has 1 aromatic heterocycles.